The number of esters is 1. The lowest BCUT2D eigenvalue weighted by atomic mass is 9.83. The van der Waals surface area contributed by atoms with E-state index in [2.05, 4.69) is 0 Å². The largest absolute Gasteiger partial charge is 0.488 e. The van der Waals surface area contributed by atoms with Crippen molar-refractivity contribution in [3.8, 4) is 5.75 Å². The molecule has 1 amide bonds. The second kappa shape index (κ2) is 13.6. The van der Waals surface area contributed by atoms with E-state index in [4.69, 9.17) is 30.5 Å². The quantitative estimate of drug-likeness (QED) is 0.255. The van der Waals surface area contributed by atoms with Crippen molar-refractivity contribution in [1.29, 1.82) is 0 Å². The Morgan fingerprint density at radius 2 is 1.74 bits per heavy atom. The van der Waals surface area contributed by atoms with E-state index in [0.717, 1.165) is 36.1 Å². The maximum Gasteiger partial charge on any atom is 0.336 e. The van der Waals surface area contributed by atoms with E-state index in [1.807, 2.05) is 77.9 Å². The predicted molar refractivity (Wildman–Crippen MR) is 163 cm³/mol. The summed E-state index contributed by atoms with van der Waals surface area (Å²) in [4.78, 5) is 28.6. The number of carbonyl (C=O) groups is 2. The van der Waals surface area contributed by atoms with Crippen LogP contribution in [0.3, 0.4) is 0 Å². The summed E-state index contributed by atoms with van der Waals surface area (Å²) in [7, 11) is 0. The molecule has 2 unspecified atom stereocenters. The van der Waals surface area contributed by atoms with E-state index in [1.54, 1.807) is 17.0 Å². The Morgan fingerprint density at radius 3 is 2.36 bits per heavy atom. The van der Waals surface area contributed by atoms with Crippen molar-refractivity contribution in [2.75, 3.05) is 19.8 Å². The molecule has 2 aliphatic heterocycles. The van der Waals surface area contributed by atoms with Crippen LogP contribution in [0.4, 0.5) is 0 Å². The number of benzene rings is 2. The molecule has 2 aromatic carbocycles. The van der Waals surface area contributed by atoms with Crippen LogP contribution in [0.1, 0.15) is 84.3 Å². The van der Waals surface area contributed by atoms with Crippen LogP contribution in [0.5, 0.6) is 5.75 Å². The van der Waals surface area contributed by atoms with Crippen LogP contribution in [0.25, 0.3) is 0 Å². The molecule has 228 valence electrons. The molecule has 0 N–H and O–H groups in total. The molecular weight excluding hydrogens is 554 g/mol. The Balaban J connectivity index is 1.45. The third-order valence-corrected chi connectivity index (χ3v) is 7.90. The Bertz CT molecular complexity index is 1260. The molecule has 2 aromatic rings. The number of amides is 1. The van der Waals surface area contributed by atoms with Crippen LogP contribution in [0.15, 0.2) is 59.8 Å². The molecule has 0 radical (unpaired) electrons. The average Bonchev–Trinajstić information content (AvgIpc) is 3.43. The molecule has 2 heterocycles. The van der Waals surface area contributed by atoms with Gasteiger partial charge in [-0.25, -0.2) is 4.79 Å². The third-order valence-electron chi connectivity index (χ3n) is 7.65. The Hall–Kier alpha value is -2.87. The summed E-state index contributed by atoms with van der Waals surface area (Å²) in [6.45, 7) is 13.9. The van der Waals surface area contributed by atoms with E-state index >= 15 is 0 Å². The number of carbonyl (C=O) groups excluding carboxylic acids is 2. The van der Waals surface area contributed by atoms with E-state index in [-0.39, 0.29) is 30.6 Å². The normalized spacial score (nSPS) is 19.8. The number of hydrogen-bond donors (Lipinski definition) is 0. The van der Waals surface area contributed by atoms with Gasteiger partial charge in [0.05, 0.1) is 30.4 Å². The van der Waals surface area contributed by atoms with Crippen molar-refractivity contribution in [3.05, 3.63) is 76.0 Å². The van der Waals surface area contributed by atoms with Crippen molar-refractivity contribution in [2.45, 2.75) is 97.1 Å². The highest BCUT2D eigenvalue weighted by Crippen LogP contribution is 2.38. The molecule has 0 bridgehead atoms. The molecule has 4 rings (SSSR count). The van der Waals surface area contributed by atoms with Crippen LogP contribution in [0.2, 0.25) is 5.02 Å². The SMILES string of the molecule is CC1=C(C(=O)OCc2ccc(OC(C)(C)CCOC(C)(C)C)cc2)C(c2ccc(Cl)cc2)CC(=O)N1CC1CCCO1. The van der Waals surface area contributed by atoms with Crippen molar-refractivity contribution < 1.29 is 28.5 Å². The summed E-state index contributed by atoms with van der Waals surface area (Å²) in [6, 6.07) is 14.9. The predicted octanol–water partition coefficient (Wildman–Crippen LogP) is 7.21. The van der Waals surface area contributed by atoms with Gasteiger partial charge in [0.1, 0.15) is 18.0 Å². The summed E-state index contributed by atoms with van der Waals surface area (Å²) in [5, 5.41) is 0.597. The minimum absolute atomic E-state index is 0.0232. The first kappa shape index (κ1) is 32.1. The Kier molecular flexibility index (Phi) is 10.4. The zero-order valence-corrected chi connectivity index (χ0v) is 26.5. The van der Waals surface area contributed by atoms with Gasteiger partial charge in [-0.2, -0.15) is 0 Å². The number of rotatable bonds is 11. The van der Waals surface area contributed by atoms with Gasteiger partial charge in [-0.05, 0) is 89.8 Å². The standard InChI is InChI=1S/C34H44ClNO6/c1-23-31(29(25-11-13-26(35)14-12-25)20-30(37)36(23)21-28-8-7-18-39-28)32(38)40-22-24-9-15-27(16-10-24)42-34(5,6)17-19-41-33(2,3)4/h9-16,28-29H,7-8,17-22H2,1-6H3. The van der Waals surface area contributed by atoms with Gasteiger partial charge in [-0.15, -0.1) is 0 Å². The number of nitrogens with zero attached hydrogens (tertiary/aromatic N) is 1. The lowest BCUT2D eigenvalue weighted by Gasteiger charge is -2.35. The molecule has 2 atom stereocenters. The molecule has 42 heavy (non-hydrogen) atoms. The van der Waals surface area contributed by atoms with E-state index in [0.29, 0.717) is 36.1 Å². The van der Waals surface area contributed by atoms with Gasteiger partial charge in [0.25, 0.3) is 0 Å². The zero-order valence-electron chi connectivity index (χ0n) is 25.7. The van der Waals surface area contributed by atoms with E-state index < -0.39 is 17.5 Å². The molecule has 8 heteroatoms. The van der Waals surface area contributed by atoms with Crippen LogP contribution in [-0.4, -0.2) is 53.8 Å². The maximum atomic E-state index is 13.6. The van der Waals surface area contributed by atoms with Crippen molar-refractivity contribution >= 4 is 23.5 Å². The molecule has 2 aliphatic rings. The summed E-state index contributed by atoms with van der Waals surface area (Å²) in [6.07, 6.45) is 2.78. The van der Waals surface area contributed by atoms with Gasteiger partial charge in [0.15, 0.2) is 0 Å². The van der Waals surface area contributed by atoms with Gasteiger partial charge >= 0.3 is 5.97 Å². The molecule has 0 aromatic heterocycles. The summed E-state index contributed by atoms with van der Waals surface area (Å²) in [5.74, 6) is -0.133. The maximum absolute atomic E-state index is 13.6. The molecule has 0 saturated carbocycles. The average molecular weight is 598 g/mol. The van der Waals surface area contributed by atoms with Crippen LogP contribution < -0.4 is 4.74 Å². The fourth-order valence-corrected chi connectivity index (χ4v) is 5.45. The molecule has 0 aliphatic carbocycles. The first-order valence-corrected chi connectivity index (χ1v) is 15.2. The molecule has 0 spiro atoms. The highest BCUT2D eigenvalue weighted by molar-refractivity contribution is 6.30. The van der Waals surface area contributed by atoms with Gasteiger partial charge in [-0.1, -0.05) is 35.9 Å². The second-order valence-electron chi connectivity index (χ2n) is 12.7. The van der Waals surface area contributed by atoms with Crippen molar-refractivity contribution in [2.24, 2.45) is 0 Å². The number of allylic oxidation sites excluding steroid dienone is 1. The van der Waals surface area contributed by atoms with Gasteiger partial charge in [0.2, 0.25) is 5.91 Å². The fraction of sp³-hybridized carbons (Fsp3) is 0.529. The fourth-order valence-electron chi connectivity index (χ4n) is 5.33. The minimum Gasteiger partial charge on any atom is -0.488 e. The summed E-state index contributed by atoms with van der Waals surface area (Å²) in [5.41, 5.74) is 2.23. The Morgan fingerprint density at radius 1 is 1.05 bits per heavy atom. The molecule has 1 saturated heterocycles. The van der Waals surface area contributed by atoms with Gasteiger partial charge in [-0.3, -0.25) is 4.79 Å². The van der Waals surface area contributed by atoms with E-state index in [1.165, 1.54) is 0 Å². The first-order valence-electron chi connectivity index (χ1n) is 14.8. The van der Waals surface area contributed by atoms with Crippen molar-refractivity contribution in [3.63, 3.8) is 0 Å². The van der Waals surface area contributed by atoms with Crippen LogP contribution in [0, 0.1) is 0 Å². The van der Waals surface area contributed by atoms with Crippen molar-refractivity contribution in [1.82, 2.24) is 4.90 Å². The van der Waals surface area contributed by atoms with Gasteiger partial charge in [0, 0.05) is 36.1 Å². The third kappa shape index (κ3) is 8.82. The highest BCUT2D eigenvalue weighted by Gasteiger charge is 2.38. The minimum atomic E-state index is -0.433. The van der Waals surface area contributed by atoms with Crippen LogP contribution >= 0.6 is 11.6 Å². The summed E-state index contributed by atoms with van der Waals surface area (Å²) >= 11 is 6.12. The topological polar surface area (TPSA) is 74.3 Å². The lowest BCUT2D eigenvalue weighted by Crippen LogP contribution is -2.42. The molecule has 7 nitrogen and oxygen atoms in total. The summed E-state index contributed by atoms with van der Waals surface area (Å²) < 4.78 is 23.7. The Labute approximate surface area is 255 Å². The van der Waals surface area contributed by atoms with Crippen LogP contribution in [-0.2, 0) is 30.4 Å². The second-order valence-corrected chi connectivity index (χ2v) is 13.2. The van der Waals surface area contributed by atoms with Gasteiger partial charge < -0.3 is 23.8 Å². The lowest BCUT2D eigenvalue weighted by molar-refractivity contribution is -0.141. The monoisotopic (exact) mass is 597 g/mol. The highest BCUT2D eigenvalue weighted by atomic mass is 35.5. The number of ether oxygens (including phenoxy) is 4. The first-order chi connectivity index (χ1) is 19.8. The smallest absolute Gasteiger partial charge is 0.336 e. The zero-order chi connectivity index (χ0) is 30.5. The number of hydrogen-bond acceptors (Lipinski definition) is 6. The molecule has 1 fully saturated rings. The van der Waals surface area contributed by atoms with E-state index in [9.17, 15) is 9.59 Å². The number of halogens is 1. The molecular formula is C34H44ClNO6.